The summed E-state index contributed by atoms with van der Waals surface area (Å²) in [5.41, 5.74) is 8.69. The van der Waals surface area contributed by atoms with E-state index < -0.39 is 0 Å². The third-order valence-corrected chi connectivity index (χ3v) is 4.19. The molecule has 21 heavy (non-hydrogen) atoms. The molecule has 0 saturated carbocycles. The van der Waals surface area contributed by atoms with Crippen molar-refractivity contribution in [3.63, 3.8) is 0 Å². The lowest BCUT2D eigenvalue weighted by Crippen LogP contribution is -2.36. The number of hydrogen-bond acceptors (Lipinski definition) is 3. The lowest BCUT2D eigenvalue weighted by Gasteiger charge is -2.19. The average molecular weight is 289 g/mol. The number of rotatable bonds is 7. The van der Waals surface area contributed by atoms with E-state index in [2.05, 4.69) is 34.5 Å². The molecular weight excluding hydrogens is 262 g/mol. The minimum absolute atomic E-state index is 0.0459. The van der Waals surface area contributed by atoms with Gasteiger partial charge in [-0.2, -0.15) is 0 Å². The predicted octanol–water partition coefficient (Wildman–Crippen LogP) is 1.93. The van der Waals surface area contributed by atoms with Crippen molar-refractivity contribution in [2.24, 2.45) is 11.7 Å². The fraction of sp³-hybridized carbons (Fsp3) is 0.588. The first-order chi connectivity index (χ1) is 10.1. The Kier molecular flexibility index (Phi) is 5.62. The SMILES string of the molecule is CC(C)C(N)CC(=O)NCCCN1CCc2ccccc21. The number of nitrogens with two attached hydrogens (primary N) is 1. The number of hydrogen-bond donors (Lipinski definition) is 2. The van der Waals surface area contributed by atoms with E-state index in [4.69, 9.17) is 5.73 Å². The van der Waals surface area contributed by atoms with E-state index in [1.807, 2.05) is 13.8 Å². The maximum absolute atomic E-state index is 11.7. The number of anilines is 1. The fourth-order valence-electron chi connectivity index (χ4n) is 2.66. The smallest absolute Gasteiger partial charge is 0.221 e. The molecule has 0 spiro atoms. The van der Waals surface area contributed by atoms with E-state index in [1.54, 1.807) is 0 Å². The second-order valence-electron chi connectivity index (χ2n) is 6.18. The van der Waals surface area contributed by atoms with Gasteiger partial charge in [-0.25, -0.2) is 0 Å². The number of nitrogens with zero attached hydrogens (tertiary/aromatic N) is 1. The van der Waals surface area contributed by atoms with E-state index in [9.17, 15) is 4.79 Å². The molecule has 116 valence electrons. The van der Waals surface area contributed by atoms with E-state index in [0.717, 1.165) is 32.5 Å². The van der Waals surface area contributed by atoms with Crippen LogP contribution in [-0.2, 0) is 11.2 Å². The minimum atomic E-state index is -0.0459. The third-order valence-electron chi connectivity index (χ3n) is 4.19. The predicted molar refractivity (Wildman–Crippen MR) is 87.4 cm³/mol. The summed E-state index contributed by atoms with van der Waals surface area (Å²) in [7, 11) is 0. The summed E-state index contributed by atoms with van der Waals surface area (Å²) in [4.78, 5) is 14.2. The first kappa shape index (κ1) is 15.8. The van der Waals surface area contributed by atoms with Crippen LogP contribution in [0.5, 0.6) is 0 Å². The molecule has 0 saturated heterocycles. The van der Waals surface area contributed by atoms with Crippen LogP contribution in [0.25, 0.3) is 0 Å². The molecule has 1 aliphatic rings. The molecule has 4 heteroatoms. The van der Waals surface area contributed by atoms with Gasteiger partial charge in [0, 0.05) is 37.8 Å². The van der Waals surface area contributed by atoms with Crippen LogP contribution in [0, 0.1) is 5.92 Å². The van der Waals surface area contributed by atoms with Crippen molar-refractivity contribution in [3.05, 3.63) is 29.8 Å². The zero-order valence-corrected chi connectivity index (χ0v) is 13.1. The molecule has 3 N–H and O–H groups in total. The number of carbonyl (C=O) groups excluding carboxylic acids is 1. The Labute approximate surface area is 127 Å². The van der Waals surface area contributed by atoms with Gasteiger partial charge in [0.1, 0.15) is 0 Å². The van der Waals surface area contributed by atoms with Gasteiger partial charge >= 0.3 is 0 Å². The Hall–Kier alpha value is -1.55. The molecule has 1 unspecified atom stereocenters. The van der Waals surface area contributed by atoms with E-state index >= 15 is 0 Å². The van der Waals surface area contributed by atoms with Gasteiger partial charge in [0.15, 0.2) is 0 Å². The number of carbonyl (C=O) groups is 1. The molecule has 1 amide bonds. The van der Waals surface area contributed by atoms with Crippen molar-refractivity contribution in [1.29, 1.82) is 0 Å². The standard InChI is InChI=1S/C17H27N3O/c1-13(2)15(18)12-17(21)19-9-5-10-20-11-8-14-6-3-4-7-16(14)20/h3-4,6-7,13,15H,5,8-12,18H2,1-2H3,(H,19,21). The summed E-state index contributed by atoms with van der Waals surface area (Å²) in [6.07, 6.45) is 2.52. The Balaban J connectivity index is 1.66. The van der Waals surface area contributed by atoms with Gasteiger partial charge in [0.2, 0.25) is 5.91 Å². The summed E-state index contributed by atoms with van der Waals surface area (Å²) < 4.78 is 0. The zero-order valence-electron chi connectivity index (χ0n) is 13.1. The average Bonchev–Trinajstić information content (AvgIpc) is 2.87. The van der Waals surface area contributed by atoms with Gasteiger partial charge in [0.25, 0.3) is 0 Å². The van der Waals surface area contributed by atoms with Crippen molar-refractivity contribution in [2.75, 3.05) is 24.5 Å². The summed E-state index contributed by atoms with van der Waals surface area (Å²) in [6, 6.07) is 8.52. The van der Waals surface area contributed by atoms with Gasteiger partial charge in [-0.1, -0.05) is 32.0 Å². The molecule has 0 aromatic heterocycles. The largest absolute Gasteiger partial charge is 0.371 e. The Morgan fingerprint density at radius 1 is 1.38 bits per heavy atom. The molecule has 0 radical (unpaired) electrons. The molecule has 4 nitrogen and oxygen atoms in total. The molecule has 1 aromatic rings. The Morgan fingerprint density at radius 2 is 2.14 bits per heavy atom. The fourth-order valence-corrected chi connectivity index (χ4v) is 2.66. The van der Waals surface area contributed by atoms with Gasteiger partial charge in [0.05, 0.1) is 0 Å². The topological polar surface area (TPSA) is 58.4 Å². The lowest BCUT2D eigenvalue weighted by atomic mass is 10.0. The van der Waals surface area contributed by atoms with Crippen LogP contribution in [-0.4, -0.2) is 31.6 Å². The highest BCUT2D eigenvalue weighted by molar-refractivity contribution is 5.76. The van der Waals surface area contributed by atoms with Gasteiger partial charge in [-0.3, -0.25) is 4.79 Å². The van der Waals surface area contributed by atoms with Crippen LogP contribution in [0.2, 0.25) is 0 Å². The number of nitrogens with one attached hydrogen (secondary N) is 1. The lowest BCUT2D eigenvalue weighted by molar-refractivity contribution is -0.121. The second kappa shape index (κ2) is 7.46. The summed E-state index contributed by atoms with van der Waals surface area (Å²) in [5.74, 6) is 0.412. The summed E-state index contributed by atoms with van der Waals surface area (Å²) in [6.45, 7) is 6.90. The monoisotopic (exact) mass is 289 g/mol. The molecular formula is C17H27N3O. The Bertz CT molecular complexity index is 473. The van der Waals surface area contributed by atoms with E-state index in [-0.39, 0.29) is 11.9 Å². The molecule has 0 fully saturated rings. The van der Waals surface area contributed by atoms with Crippen LogP contribution < -0.4 is 16.0 Å². The Morgan fingerprint density at radius 3 is 2.90 bits per heavy atom. The van der Waals surface area contributed by atoms with Crippen molar-refractivity contribution in [1.82, 2.24) is 5.32 Å². The molecule has 1 aromatic carbocycles. The number of benzene rings is 1. The third kappa shape index (κ3) is 4.46. The second-order valence-corrected chi connectivity index (χ2v) is 6.18. The molecule has 1 heterocycles. The molecule has 1 atom stereocenters. The normalized spacial score (nSPS) is 15.1. The number of para-hydroxylation sites is 1. The molecule has 0 bridgehead atoms. The van der Waals surface area contributed by atoms with Crippen LogP contribution >= 0.6 is 0 Å². The maximum atomic E-state index is 11.7. The van der Waals surface area contributed by atoms with Crippen LogP contribution in [0.4, 0.5) is 5.69 Å². The van der Waals surface area contributed by atoms with Crippen LogP contribution in [0.1, 0.15) is 32.3 Å². The first-order valence-electron chi connectivity index (χ1n) is 7.93. The van der Waals surface area contributed by atoms with Gasteiger partial charge in [-0.05, 0) is 30.4 Å². The molecule has 1 aliphatic heterocycles. The zero-order chi connectivity index (χ0) is 15.2. The van der Waals surface area contributed by atoms with Gasteiger partial charge < -0.3 is 16.0 Å². The van der Waals surface area contributed by atoms with Crippen molar-refractivity contribution < 1.29 is 4.79 Å². The minimum Gasteiger partial charge on any atom is -0.371 e. The number of fused-ring (bicyclic) bond motifs is 1. The maximum Gasteiger partial charge on any atom is 0.221 e. The van der Waals surface area contributed by atoms with E-state index in [0.29, 0.717) is 12.3 Å². The van der Waals surface area contributed by atoms with Crippen molar-refractivity contribution >= 4 is 11.6 Å². The highest BCUT2D eigenvalue weighted by Crippen LogP contribution is 2.27. The summed E-state index contributed by atoms with van der Waals surface area (Å²) in [5, 5.41) is 2.97. The quantitative estimate of drug-likeness (QED) is 0.754. The first-order valence-corrected chi connectivity index (χ1v) is 7.93. The number of amides is 1. The molecule has 2 rings (SSSR count). The van der Waals surface area contributed by atoms with Crippen LogP contribution in [0.3, 0.4) is 0 Å². The summed E-state index contributed by atoms with van der Waals surface area (Å²) >= 11 is 0. The van der Waals surface area contributed by atoms with Crippen molar-refractivity contribution in [2.45, 2.75) is 39.2 Å². The molecule has 0 aliphatic carbocycles. The van der Waals surface area contributed by atoms with E-state index in [1.165, 1.54) is 11.3 Å². The van der Waals surface area contributed by atoms with Crippen LogP contribution in [0.15, 0.2) is 24.3 Å². The van der Waals surface area contributed by atoms with Gasteiger partial charge in [-0.15, -0.1) is 0 Å². The highest BCUT2D eigenvalue weighted by atomic mass is 16.1. The highest BCUT2D eigenvalue weighted by Gasteiger charge is 2.17. The van der Waals surface area contributed by atoms with Crippen molar-refractivity contribution in [3.8, 4) is 0 Å².